The molecule has 30 heavy (non-hydrogen) atoms. The number of hydrogen-bond acceptors (Lipinski definition) is 4. The van der Waals surface area contributed by atoms with Crippen LogP contribution < -0.4 is 10.9 Å². The second-order valence-corrected chi connectivity index (χ2v) is 8.05. The van der Waals surface area contributed by atoms with Crippen molar-refractivity contribution in [2.45, 2.75) is 37.6 Å². The van der Waals surface area contributed by atoms with E-state index < -0.39 is 0 Å². The zero-order chi connectivity index (χ0) is 20.7. The van der Waals surface area contributed by atoms with Crippen molar-refractivity contribution in [1.82, 2.24) is 25.3 Å². The number of benzene rings is 2. The summed E-state index contributed by atoms with van der Waals surface area (Å²) in [5.74, 6) is 0.236. The van der Waals surface area contributed by atoms with E-state index in [2.05, 4.69) is 20.6 Å². The summed E-state index contributed by atoms with van der Waals surface area (Å²) in [6.07, 6.45) is 5.43. The fourth-order valence-corrected chi connectivity index (χ4v) is 4.51. The second kappa shape index (κ2) is 7.40. The number of nitrogens with zero attached hydrogens (tertiary/aromatic N) is 3. The summed E-state index contributed by atoms with van der Waals surface area (Å²) in [6, 6.07) is 13.4. The largest absolute Gasteiger partial charge is 0.349 e. The Labute approximate surface area is 173 Å². The van der Waals surface area contributed by atoms with Crippen LogP contribution in [-0.2, 0) is 7.05 Å². The smallest absolute Gasteiger partial charge is 0.272 e. The molecule has 0 spiro atoms. The average Bonchev–Trinajstić information content (AvgIpc) is 3.15. The molecule has 2 aromatic carbocycles. The number of fused-ring (bicyclic) bond motifs is 2. The molecular weight excluding hydrogens is 378 g/mol. The molecule has 0 aliphatic heterocycles. The number of aryl methyl sites for hydroxylation is 1. The molecule has 0 radical (unpaired) electrons. The molecular formula is C23H23N5O2. The van der Waals surface area contributed by atoms with Crippen molar-refractivity contribution < 1.29 is 4.79 Å². The van der Waals surface area contributed by atoms with Gasteiger partial charge >= 0.3 is 0 Å². The van der Waals surface area contributed by atoms with Crippen LogP contribution in [0, 0.1) is 0 Å². The maximum atomic E-state index is 12.8. The van der Waals surface area contributed by atoms with Crippen LogP contribution in [0.1, 0.15) is 47.7 Å². The monoisotopic (exact) mass is 401 g/mol. The van der Waals surface area contributed by atoms with Gasteiger partial charge in [0.25, 0.3) is 11.5 Å². The average molecular weight is 401 g/mol. The molecule has 5 rings (SSSR count). The standard InChI is InChI=1S/C23H23N5O2/c1-28-20-12-15(6-7-16(20)13-24-28)22(29)25-17-10-8-14(9-11-17)21-18-4-2-3-5-19(18)23(30)27-26-21/h2-7,12-14,17H,8-11H2,1H3,(H,25,29)(H,27,30). The molecule has 2 heterocycles. The Morgan fingerprint density at radius 3 is 2.67 bits per heavy atom. The van der Waals surface area contributed by atoms with E-state index in [1.54, 1.807) is 10.9 Å². The van der Waals surface area contributed by atoms with E-state index >= 15 is 0 Å². The minimum Gasteiger partial charge on any atom is -0.349 e. The number of hydrogen-bond donors (Lipinski definition) is 2. The third kappa shape index (κ3) is 3.26. The van der Waals surface area contributed by atoms with Gasteiger partial charge in [-0.2, -0.15) is 10.2 Å². The number of aromatic nitrogens is 4. The molecule has 1 saturated carbocycles. The lowest BCUT2D eigenvalue weighted by molar-refractivity contribution is 0.0926. The van der Waals surface area contributed by atoms with Crippen LogP contribution in [0.5, 0.6) is 0 Å². The summed E-state index contributed by atoms with van der Waals surface area (Å²) in [5.41, 5.74) is 2.40. The molecule has 1 amide bonds. The number of aromatic amines is 1. The molecule has 1 fully saturated rings. The lowest BCUT2D eigenvalue weighted by Crippen LogP contribution is -2.37. The van der Waals surface area contributed by atoms with Gasteiger partial charge in [-0.25, -0.2) is 5.10 Å². The van der Waals surface area contributed by atoms with Crippen molar-refractivity contribution in [1.29, 1.82) is 0 Å². The fourth-order valence-electron chi connectivity index (χ4n) is 4.51. The number of nitrogens with one attached hydrogen (secondary N) is 2. The van der Waals surface area contributed by atoms with E-state index in [1.165, 1.54) is 0 Å². The normalized spacial score (nSPS) is 19.2. The van der Waals surface area contributed by atoms with E-state index in [0.717, 1.165) is 47.7 Å². The van der Waals surface area contributed by atoms with Gasteiger partial charge in [0.2, 0.25) is 0 Å². The number of H-pyrrole nitrogens is 1. The van der Waals surface area contributed by atoms with Crippen molar-refractivity contribution in [3.63, 3.8) is 0 Å². The Morgan fingerprint density at radius 2 is 1.87 bits per heavy atom. The van der Waals surface area contributed by atoms with Gasteiger partial charge in [0.15, 0.2) is 0 Å². The van der Waals surface area contributed by atoms with E-state index in [1.807, 2.05) is 49.5 Å². The van der Waals surface area contributed by atoms with Crippen LogP contribution in [-0.4, -0.2) is 31.9 Å². The van der Waals surface area contributed by atoms with Crippen LogP contribution in [0.4, 0.5) is 0 Å². The highest BCUT2D eigenvalue weighted by Crippen LogP contribution is 2.34. The SMILES string of the molecule is Cn1ncc2ccc(C(=O)NC3CCC(c4n[nH]c(=O)c5ccccc45)CC3)cc21. The van der Waals surface area contributed by atoms with Crippen LogP contribution in [0.3, 0.4) is 0 Å². The highest BCUT2D eigenvalue weighted by Gasteiger charge is 2.26. The van der Waals surface area contributed by atoms with Crippen molar-refractivity contribution in [3.05, 3.63) is 70.3 Å². The first-order valence-electron chi connectivity index (χ1n) is 10.3. The van der Waals surface area contributed by atoms with Gasteiger partial charge in [-0.1, -0.05) is 24.3 Å². The third-order valence-corrected chi connectivity index (χ3v) is 6.19. The molecule has 1 aliphatic rings. The number of carbonyl (C=O) groups excluding carboxylic acids is 1. The van der Waals surface area contributed by atoms with E-state index in [4.69, 9.17) is 0 Å². The van der Waals surface area contributed by atoms with E-state index in [-0.39, 0.29) is 23.4 Å². The molecule has 1 aliphatic carbocycles. The highest BCUT2D eigenvalue weighted by atomic mass is 16.1. The summed E-state index contributed by atoms with van der Waals surface area (Å²) < 4.78 is 1.78. The maximum absolute atomic E-state index is 12.8. The predicted molar refractivity (Wildman–Crippen MR) is 116 cm³/mol. The Morgan fingerprint density at radius 1 is 1.10 bits per heavy atom. The second-order valence-electron chi connectivity index (χ2n) is 8.05. The Balaban J connectivity index is 1.28. The van der Waals surface area contributed by atoms with Crippen molar-refractivity contribution in [3.8, 4) is 0 Å². The summed E-state index contributed by atoms with van der Waals surface area (Å²) in [6.45, 7) is 0. The predicted octanol–water partition coefficient (Wildman–Crippen LogP) is 3.27. The summed E-state index contributed by atoms with van der Waals surface area (Å²) >= 11 is 0. The minimum absolute atomic E-state index is 0.0471. The maximum Gasteiger partial charge on any atom is 0.272 e. The topological polar surface area (TPSA) is 92.7 Å². The van der Waals surface area contributed by atoms with Gasteiger partial charge in [0.05, 0.1) is 22.8 Å². The van der Waals surface area contributed by atoms with E-state index in [0.29, 0.717) is 10.9 Å². The molecule has 2 N–H and O–H groups in total. The lowest BCUT2D eigenvalue weighted by atomic mass is 9.82. The van der Waals surface area contributed by atoms with Crippen LogP contribution >= 0.6 is 0 Å². The van der Waals surface area contributed by atoms with Crippen molar-refractivity contribution in [2.75, 3.05) is 0 Å². The fraction of sp³-hybridized carbons (Fsp3) is 0.304. The molecule has 7 nitrogen and oxygen atoms in total. The van der Waals surface area contributed by atoms with Gasteiger partial charge in [-0.05, 0) is 43.9 Å². The van der Waals surface area contributed by atoms with Gasteiger partial charge in [-0.15, -0.1) is 0 Å². The molecule has 2 aromatic heterocycles. The molecule has 0 unspecified atom stereocenters. The highest BCUT2D eigenvalue weighted by molar-refractivity contribution is 5.98. The van der Waals surface area contributed by atoms with Gasteiger partial charge in [-0.3, -0.25) is 14.3 Å². The van der Waals surface area contributed by atoms with Gasteiger partial charge < -0.3 is 5.32 Å². The lowest BCUT2D eigenvalue weighted by Gasteiger charge is -2.29. The summed E-state index contributed by atoms with van der Waals surface area (Å²) in [4.78, 5) is 24.8. The van der Waals surface area contributed by atoms with Crippen molar-refractivity contribution in [2.24, 2.45) is 7.05 Å². The first kappa shape index (κ1) is 18.5. The zero-order valence-corrected chi connectivity index (χ0v) is 16.8. The quantitative estimate of drug-likeness (QED) is 0.551. The Hall–Kier alpha value is -3.48. The summed E-state index contributed by atoms with van der Waals surface area (Å²) in [5, 5.41) is 17.1. The molecule has 0 atom stereocenters. The molecule has 0 bridgehead atoms. The summed E-state index contributed by atoms with van der Waals surface area (Å²) in [7, 11) is 1.87. The zero-order valence-electron chi connectivity index (χ0n) is 16.8. The first-order chi connectivity index (χ1) is 14.6. The molecule has 7 heteroatoms. The van der Waals surface area contributed by atoms with Gasteiger partial charge in [0, 0.05) is 35.3 Å². The first-order valence-corrected chi connectivity index (χ1v) is 10.3. The third-order valence-electron chi connectivity index (χ3n) is 6.19. The Bertz CT molecular complexity index is 1300. The molecule has 0 saturated heterocycles. The number of rotatable bonds is 3. The number of amides is 1. The Kier molecular flexibility index (Phi) is 4.58. The van der Waals surface area contributed by atoms with Gasteiger partial charge in [0.1, 0.15) is 0 Å². The number of carbonyl (C=O) groups is 1. The van der Waals surface area contributed by atoms with Crippen LogP contribution in [0.25, 0.3) is 21.7 Å². The molecule has 152 valence electrons. The molecule has 4 aromatic rings. The minimum atomic E-state index is -0.152. The van der Waals surface area contributed by atoms with Crippen molar-refractivity contribution >= 4 is 27.6 Å². The van der Waals surface area contributed by atoms with Crippen LogP contribution in [0.2, 0.25) is 0 Å². The van der Waals surface area contributed by atoms with Crippen LogP contribution in [0.15, 0.2) is 53.5 Å². The van der Waals surface area contributed by atoms with E-state index in [9.17, 15) is 9.59 Å².